The minimum atomic E-state index is -0.344. The first-order chi connectivity index (χ1) is 9.15. The third-order valence-electron chi connectivity index (χ3n) is 2.46. The van der Waals surface area contributed by atoms with Crippen LogP contribution in [0.25, 0.3) is 10.4 Å². The van der Waals surface area contributed by atoms with Crippen molar-refractivity contribution in [2.24, 2.45) is 0 Å². The number of rotatable bonds is 3. The van der Waals surface area contributed by atoms with Gasteiger partial charge in [0.2, 0.25) is 0 Å². The van der Waals surface area contributed by atoms with E-state index in [1.807, 2.05) is 16.8 Å². The minimum absolute atomic E-state index is 0.218. The second kappa shape index (κ2) is 5.85. The van der Waals surface area contributed by atoms with Crippen molar-refractivity contribution in [1.29, 1.82) is 0 Å². The summed E-state index contributed by atoms with van der Waals surface area (Å²) in [5, 5.41) is 12.2. The SMILES string of the molecule is CNC(=O)Nc1sc(-c2ccsc2)cc1C(=O)NC. The van der Waals surface area contributed by atoms with E-state index < -0.39 is 0 Å². The number of carbonyl (C=O) groups excluding carboxylic acids is 2. The first-order valence-corrected chi connectivity index (χ1v) is 7.29. The highest BCUT2D eigenvalue weighted by Gasteiger charge is 2.17. The molecule has 0 atom stereocenters. The van der Waals surface area contributed by atoms with Crippen molar-refractivity contribution in [2.75, 3.05) is 19.4 Å². The maximum Gasteiger partial charge on any atom is 0.319 e. The number of amides is 3. The van der Waals surface area contributed by atoms with Crippen LogP contribution in [-0.4, -0.2) is 26.0 Å². The number of hydrogen-bond donors (Lipinski definition) is 3. The summed E-state index contributed by atoms with van der Waals surface area (Å²) in [4.78, 5) is 24.2. The molecule has 0 aliphatic rings. The monoisotopic (exact) mass is 295 g/mol. The maximum atomic E-state index is 11.8. The molecular formula is C12H13N3O2S2. The Bertz CT molecular complexity index is 590. The zero-order valence-electron chi connectivity index (χ0n) is 10.4. The molecule has 19 heavy (non-hydrogen) atoms. The number of urea groups is 1. The smallest absolute Gasteiger partial charge is 0.319 e. The van der Waals surface area contributed by atoms with E-state index in [4.69, 9.17) is 0 Å². The van der Waals surface area contributed by atoms with E-state index in [-0.39, 0.29) is 11.9 Å². The molecule has 100 valence electrons. The Hall–Kier alpha value is -1.86. The van der Waals surface area contributed by atoms with Gasteiger partial charge in [-0.3, -0.25) is 10.1 Å². The van der Waals surface area contributed by atoms with Crippen LogP contribution in [0.5, 0.6) is 0 Å². The second-order valence-corrected chi connectivity index (χ2v) is 5.48. The van der Waals surface area contributed by atoms with Gasteiger partial charge < -0.3 is 10.6 Å². The number of thiophene rings is 2. The van der Waals surface area contributed by atoms with Crippen molar-refractivity contribution in [3.63, 3.8) is 0 Å². The van der Waals surface area contributed by atoms with Crippen molar-refractivity contribution in [1.82, 2.24) is 10.6 Å². The van der Waals surface area contributed by atoms with Crippen LogP contribution in [0.1, 0.15) is 10.4 Å². The standard InChI is InChI=1S/C12H13N3O2S2/c1-13-10(16)8-5-9(7-3-4-18-6-7)19-11(8)15-12(17)14-2/h3-6H,1-2H3,(H,13,16)(H2,14,15,17). The van der Waals surface area contributed by atoms with Gasteiger partial charge >= 0.3 is 6.03 Å². The quantitative estimate of drug-likeness (QED) is 0.814. The minimum Gasteiger partial charge on any atom is -0.355 e. The predicted molar refractivity (Wildman–Crippen MR) is 79.1 cm³/mol. The highest BCUT2D eigenvalue weighted by molar-refractivity contribution is 7.20. The third-order valence-corrected chi connectivity index (χ3v) is 4.25. The summed E-state index contributed by atoms with van der Waals surface area (Å²) in [6, 6.07) is 3.42. The predicted octanol–water partition coefficient (Wildman–Crippen LogP) is 2.59. The summed E-state index contributed by atoms with van der Waals surface area (Å²) >= 11 is 2.97. The first kappa shape index (κ1) is 13.6. The molecular weight excluding hydrogens is 282 g/mol. The fourth-order valence-electron chi connectivity index (χ4n) is 1.50. The molecule has 7 heteroatoms. The van der Waals surface area contributed by atoms with E-state index in [1.165, 1.54) is 18.4 Å². The molecule has 2 heterocycles. The van der Waals surface area contributed by atoms with Gasteiger partial charge in [0.05, 0.1) is 5.56 Å². The Morgan fingerprint density at radius 2 is 2.00 bits per heavy atom. The summed E-state index contributed by atoms with van der Waals surface area (Å²) in [6.45, 7) is 0. The summed E-state index contributed by atoms with van der Waals surface area (Å²) < 4.78 is 0. The lowest BCUT2D eigenvalue weighted by atomic mass is 10.2. The van der Waals surface area contributed by atoms with E-state index in [0.29, 0.717) is 10.6 Å². The van der Waals surface area contributed by atoms with Crippen LogP contribution in [0, 0.1) is 0 Å². The number of carbonyl (C=O) groups is 2. The van der Waals surface area contributed by atoms with Gasteiger partial charge in [0.1, 0.15) is 5.00 Å². The Morgan fingerprint density at radius 3 is 2.58 bits per heavy atom. The molecule has 0 saturated heterocycles. The Kier molecular flexibility index (Phi) is 4.18. The molecule has 0 aliphatic heterocycles. The molecule has 2 rings (SSSR count). The van der Waals surface area contributed by atoms with Gasteiger partial charge in [0.25, 0.3) is 5.91 Å². The summed E-state index contributed by atoms with van der Waals surface area (Å²) in [6.07, 6.45) is 0. The first-order valence-electron chi connectivity index (χ1n) is 5.53. The van der Waals surface area contributed by atoms with Crippen LogP contribution >= 0.6 is 22.7 Å². The van der Waals surface area contributed by atoms with Gasteiger partial charge in [-0.25, -0.2) is 4.79 Å². The molecule has 0 fully saturated rings. The van der Waals surface area contributed by atoms with E-state index in [0.717, 1.165) is 10.4 Å². The highest BCUT2D eigenvalue weighted by Crippen LogP contribution is 2.36. The summed E-state index contributed by atoms with van der Waals surface area (Å²) in [5.41, 5.74) is 1.52. The van der Waals surface area contributed by atoms with Crippen molar-refractivity contribution in [3.05, 3.63) is 28.5 Å². The summed E-state index contributed by atoms with van der Waals surface area (Å²) in [5.74, 6) is -0.218. The topological polar surface area (TPSA) is 70.2 Å². The van der Waals surface area contributed by atoms with E-state index in [9.17, 15) is 9.59 Å². The molecule has 5 nitrogen and oxygen atoms in total. The van der Waals surface area contributed by atoms with Crippen molar-refractivity contribution >= 4 is 39.6 Å². The van der Waals surface area contributed by atoms with Gasteiger partial charge in [-0.05, 0) is 22.9 Å². The average Bonchev–Trinajstić information content (AvgIpc) is 3.06. The van der Waals surface area contributed by atoms with Gasteiger partial charge in [0, 0.05) is 24.5 Å². The normalized spacial score (nSPS) is 10.0. The lowest BCUT2D eigenvalue weighted by molar-refractivity contribution is 0.0964. The lowest BCUT2D eigenvalue weighted by Gasteiger charge is -2.03. The zero-order chi connectivity index (χ0) is 13.8. The molecule has 3 amide bonds. The van der Waals surface area contributed by atoms with Crippen LogP contribution in [0.2, 0.25) is 0 Å². The number of nitrogens with one attached hydrogen (secondary N) is 3. The Balaban J connectivity index is 2.39. The molecule has 0 aliphatic carbocycles. The van der Waals surface area contributed by atoms with E-state index in [1.54, 1.807) is 24.5 Å². The van der Waals surface area contributed by atoms with Gasteiger partial charge in [-0.1, -0.05) is 0 Å². The van der Waals surface area contributed by atoms with Crippen LogP contribution in [0.3, 0.4) is 0 Å². The highest BCUT2D eigenvalue weighted by atomic mass is 32.1. The molecule has 3 N–H and O–H groups in total. The van der Waals surface area contributed by atoms with Crippen LogP contribution in [0.4, 0.5) is 9.80 Å². The molecule has 0 radical (unpaired) electrons. The van der Waals surface area contributed by atoms with Crippen molar-refractivity contribution < 1.29 is 9.59 Å². The van der Waals surface area contributed by atoms with Gasteiger partial charge in [-0.15, -0.1) is 11.3 Å². The second-order valence-electron chi connectivity index (χ2n) is 3.65. The molecule has 0 saturated carbocycles. The number of hydrogen-bond acceptors (Lipinski definition) is 4. The molecule has 2 aromatic heterocycles. The van der Waals surface area contributed by atoms with Crippen LogP contribution in [0.15, 0.2) is 22.9 Å². The Labute approximate surface area is 118 Å². The van der Waals surface area contributed by atoms with E-state index in [2.05, 4.69) is 16.0 Å². The van der Waals surface area contributed by atoms with Crippen LogP contribution < -0.4 is 16.0 Å². The van der Waals surface area contributed by atoms with Crippen molar-refractivity contribution in [3.8, 4) is 10.4 Å². The maximum absolute atomic E-state index is 11.8. The largest absolute Gasteiger partial charge is 0.355 e. The fourth-order valence-corrected chi connectivity index (χ4v) is 3.28. The average molecular weight is 295 g/mol. The lowest BCUT2D eigenvalue weighted by Crippen LogP contribution is -2.26. The summed E-state index contributed by atoms with van der Waals surface area (Å²) in [7, 11) is 3.09. The van der Waals surface area contributed by atoms with E-state index >= 15 is 0 Å². The molecule has 2 aromatic rings. The fraction of sp³-hybridized carbons (Fsp3) is 0.167. The Morgan fingerprint density at radius 1 is 1.21 bits per heavy atom. The molecule has 0 aromatic carbocycles. The third kappa shape index (κ3) is 2.94. The molecule has 0 unspecified atom stereocenters. The zero-order valence-corrected chi connectivity index (χ0v) is 12.1. The molecule has 0 bridgehead atoms. The van der Waals surface area contributed by atoms with Gasteiger partial charge in [0.15, 0.2) is 0 Å². The van der Waals surface area contributed by atoms with Crippen LogP contribution in [-0.2, 0) is 0 Å². The molecule has 0 spiro atoms. The number of anilines is 1. The van der Waals surface area contributed by atoms with Crippen molar-refractivity contribution in [2.45, 2.75) is 0 Å². The van der Waals surface area contributed by atoms with Gasteiger partial charge in [-0.2, -0.15) is 11.3 Å².